The van der Waals surface area contributed by atoms with Crippen LogP contribution in [0, 0.1) is 3.57 Å². The van der Waals surface area contributed by atoms with E-state index in [-0.39, 0.29) is 0 Å². The Kier molecular flexibility index (Phi) is 5.96. The Balaban J connectivity index is 2.57. The standard InChI is InChI=1S/C17H22IN3/c1-4-12(5-2)16-20-15(13-10-8-7-9-11-13)14(18)17(21-16)19-6-3/h7-12H,4-6H2,1-3H3,(H,19,20,21). The molecule has 1 aromatic carbocycles. The van der Waals surface area contributed by atoms with Gasteiger partial charge in [-0.2, -0.15) is 0 Å². The zero-order valence-corrected chi connectivity index (χ0v) is 15.0. The summed E-state index contributed by atoms with van der Waals surface area (Å²) in [5.74, 6) is 2.32. The predicted octanol–water partition coefficient (Wildman–Crippen LogP) is 5.08. The van der Waals surface area contributed by atoms with Crippen molar-refractivity contribution in [2.45, 2.75) is 39.5 Å². The molecule has 1 heterocycles. The van der Waals surface area contributed by atoms with E-state index < -0.39 is 0 Å². The van der Waals surface area contributed by atoms with E-state index in [1.807, 2.05) is 6.07 Å². The van der Waals surface area contributed by atoms with Crippen molar-refractivity contribution in [3.8, 4) is 11.3 Å². The second-order valence-corrected chi connectivity index (χ2v) is 6.08. The van der Waals surface area contributed by atoms with Gasteiger partial charge in [-0.15, -0.1) is 0 Å². The van der Waals surface area contributed by atoms with Gasteiger partial charge in [-0.05, 0) is 42.4 Å². The first kappa shape index (κ1) is 16.2. The zero-order chi connectivity index (χ0) is 15.2. The summed E-state index contributed by atoms with van der Waals surface area (Å²) in [5.41, 5.74) is 2.18. The molecule has 0 amide bonds. The topological polar surface area (TPSA) is 37.8 Å². The molecule has 0 aliphatic carbocycles. The third-order valence-electron chi connectivity index (χ3n) is 3.61. The molecule has 0 unspecified atom stereocenters. The first-order chi connectivity index (χ1) is 10.2. The highest BCUT2D eigenvalue weighted by Gasteiger charge is 2.17. The smallest absolute Gasteiger partial charge is 0.143 e. The molecule has 0 radical (unpaired) electrons. The quantitative estimate of drug-likeness (QED) is 0.693. The van der Waals surface area contributed by atoms with Crippen molar-refractivity contribution in [2.75, 3.05) is 11.9 Å². The lowest BCUT2D eigenvalue weighted by atomic mass is 10.0. The molecule has 2 aromatic rings. The van der Waals surface area contributed by atoms with Crippen LogP contribution >= 0.6 is 22.6 Å². The van der Waals surface area contributed by atoms with Crippen LogP contribution in [0.4, 0.5) is 5.82 Å². The molecule has 1 aromatic heterocycles. The first-order valence-electron chi connectivity index (χ1n) is 7.57. The Morgan fingerprint density at radius 3 is 2.29 bits per heavy atom. The number of aromatic nitrogens is 2. The number of benzene rings is 1. The molecule has 0 atom stereocenters. The van der Waals surface area contributed by atoms with Crippen molar-refractivity contribution in [1.82, 2.24) is 9.97 Å². The molecule has 0 fully saturated rings. The molecule has 1 N–H and O–H groups in total. The Labute approximate surface area is 140 Å². The van der Waals surface area contributed by atoms with Crippen LogP contribution in [0.5, 0.6) is 0 Å². The van der Waals surface area contributed by atoms with Crippen molar-refractivity contribution in [3.05, 3.63) is 39.7 Å². The maximum absolute atomic E-state index is 4.87. The van der Waals surface area contributed by atoms with Crippen molar-refractivity contribution in [1.29, 1.82) is 0 Å². The summed E-state index contributed by atoms with van der Waals surface area (Å²) in [7, 11) is 0. The molecule has 0 bridgehead atoms. The molecule has 0 saturated heterocycles. The number of nitrogens with zero attached hydrogens (tertiary/aromatic N) is 2. The second-order valence-electron chi connectivity index (χ2n) is 5.00. The predicted molar refractivity (Wildman–Crippen MR) is 97.7 cm³/mol. The fourth-order valence-electron chi connectivity index (χ4n) is 2.37. The lowest BCUT2D eigenvalue weighted by Gasteiger charge is -2.16. The molecule has 0 aliphatic heterocycles. The molecule has 0 aliphatic rings. The lowest BCUT2D eigenvalue weighted by molar-refractivity contribution is 0.602. The average molecular weight is 395 g/mol. The SMILES string of the molecule is CCNc1nc(C(CC)CC)nc(-c2ccccc2)c1I. The van der Waals surface area contributed by atoms with Crippen LogP contribution < -0.4 is 5.32 Å². The maximum Gasteiger partial charge on any atom is 0.143 e. The van der Waals surface area contributed by atoms with E-state index in [1.54, 1.807) is 0 Å². The third kappa shape index (κ3) is 3.73. The first-order valence-corrected chi connectivity index (χ1v) is 8.65. The zero-order valence-electron chi connectivity index (χ0n) is 12.9. The van der Waals surface area contributed by atoms with Gasteiger partial charge < -0.3 is 5.32 Å². The van der Waals surface area contributed by atoms with Gasteiger partial charge in [-0.25, -0.2) is 9.97 Å². The monoisotopic (exact) mass is 395 g/mol. The van der Waals surface area contributed by atoms with E-state index >= 15 is 0 Å². The molecule has 0 saturated carbocycles. The molecule has 2 rings (SSSR count). The van der Waals surface area contributed by atoms with Gasteiger partial charge in [0.15, 0.2) is 0 Å². The fraction of sp³-hybridized carbons (Fsp3) is 0.412. The Morgan fingerprint density at radius 2 is 1.71 bits per heavy atom. The summed E-state index contributed by atoms with van der Waals surface area (Å²) in [6.45, 7) is 7.36. The highest BCUT2D eigenvalue weighted by molar-refractivity contribution is 14.1. The molecule has 4 heteroatoms. The van der Waals surface area contributed by atoms with E-state index in [0.717, 1.165) is 45.9 Å². The third-order valence-corrected chi connectivity index (χ3v) is 4.63. The highest BCUT2D eigenvalue weighted by atomic mass is 127. The number of rotatable bonds is 6. The largest absolute Gasteiger partial charge is 0.369 e. The Hall–Kier alpha value is -1.17. The molecule has 3 nitrogen and oxygen atoms in total. The summed E-state index contributed by atoms with van der Waals surface area (Å²) >= 11 is 2.34. The van der Waals surface area contributed by atoms with Crippen molar-refractivity contribution < 1.29 is 0 Å². The van der Waals surface area contributed by atoms with Crippen LogP contribution in [-0.4, -0.2) is 16.5 Å². The summed E-state index contributed by atoms with van der Waals surface area (Å²) in [4.78, 5) is 9.63. The van der Waals surface area contributed by atoms with Gasteiger partial charge in [-0.3, -0.25) is 0 Å². The summed E-state index contributed by atoms with van der Waals surface area (Å²) in [5, 5.41) is 3.37. The van der Waals surface area contributed by atoms with Gasteiger partial charge in [0.05, 0.1) is 9.26 Å². The van der Waals surface area contributed by atoms with Crippen molar-refractivity contribution in [2.24, 2.45) is 0 Å². The van der Waals surface area contributed by atoms with Crippen LogP contribution in [0.2, 0.25) is 0 Å². The van der Waals surface area contributed by atoms with E-state index in [9.17, 15) is 0 Å². The summed E-state index contributed by atoms with van der Waals surface area (Å²) in [6.07, 6.45) is 2.13. The van der Waals surface area contributed by atoms with Crippen molar-refractivity contribution in [3.63, 3.8) is 0 Å². The summed E-state index contributed by atoms with van der Waals surface area (Å²) in [6, 6.07) is 10.4. The number of anilines is 1. The van der Waals surface area contributed by atoms with Crippen LogP contribution in [0.1, 0.15) is 45.4 Å². The van der Waals surface area contributed by atoms with E-state index in [4.69, 9.17) is 9.97 Å². The van der Waals surface area contributed by atoms with Crippen LogP contribution in [0.3, 0.4) is 0 Å². The molecular formula is C17H22IN3. The Morgan fingerprint density at radius 1 is 1.05 bits per heavy atom. The lowest BCUT2D eigenvalue weighted by Crippen LogP contribution is -2.10. The van der Waals surface area contributed by atoms with E-state index in [0.29, 0.717) is 5.92 Å². The van der Waals surface area contributed by atoms with Gasteiger partial charge in [0.25, 0.3) is 0 Å². The van der Waals surface area contributed by atoms with Gasteiger partial charge in [0, 0.05) is 18.0 Å². The Bertz CT molecular complexity index is 580. The minimum Gasteiger partial charge on any atom is -0.369 e. The maximum atomic E-state index is 4.87. The van der Waals surface area contributed by atoms with Gasteiger partial charge >= 0.3 is 0 Å². The average Bonchev–Trinajstić information content (AvgIpc) is 2.52. The number of hydrogen-bond donors (Lipinski definition) is 1. The number of hydrogen-bond acceptors (Lipinski definition) is 3. The van der Waals surface area contributed by atoms with Crippen LogP contribution in [-0.2, 0) is 0 Å². The van der Waals surface area contributed by atoms with Gasteiger partial charge in [-0.1, -0.05) is 44.2 Å². The summed E-state index contributed by atoms with van der Waals surface area (Å²) < 4.78 is 1.09. The van der Waals surface area contributed by atoms with E-state index in [2.05, 4.69) is 72.9 Å². The normalized spacial score (nSPS) is 10.9. The number of nitrogens with one attached hydrogen (secondary N) is 1. The molecule has 0 spiro atoms. The number of halogens is 1. The second kappa shape index (κ2) is 7.73. The van der Waals surface area contributed by atoms with Gasteiger partial charge in [0.2, 0.25) is 0 Å². The molecular weight excluding hydrogens is 373 g/mol. The van der Waals surface area contributed by atoms with E-state index in [1.165, 1.54) is 0 Å². The van der Waals surface area contributed by atoms with Crippen LogP contribution in [0.15, 0.2) is 30.3 Å². The van der Waals surface area contributed by atoms with Crippen LogP contribution in [0.25, 0.3) is 11.3 Å². The minimum absolute atomic E-state index is 0.418. The van der Waals surface area contributed by atoms with Crippen molar-refractivity contribution >= 4 is 28.4 Å². The van der Waals surface area contributed by atoms with Gasteiger partial charge in [0.1, 0.15) is 11.6 Å². The highest BCUT2D eigenvalue weighted by Crippen LogP contribution is 2.31. The minimum atomic E-state index is 0.418. The molecule has 112 valence electrons. The molecule has 21 heavy (non-hydrogen) atoms. The fourth-order valence-corrected chi connectivity index (χ4v) is 3.12.